The van der Waals surface area contributed by atoms with Gasteiger partial charge in [0, 0.05) is 12.1 Å². The van der Waals surface area contributed by atoms with Crippen molar-refractivity contribution in [2.75, 3.05) is 13.6 Å². The van der Waals surface area contributed by atoms with E-state index < -0.39 is 10.0 Å². The lowest BCUT2D eigenvalue weighted by atomic mass is 10.1. The van der Waals surface area contributed by atoms with E-state index in [1.807, 2.05) is 0 Å². The standard InChI is InChI=1S/C12H16N2O3S/c1-4-7-14-12(15)11-8-10(6-5-9(11)2)18(16,17)13-3/h4-6,8,13H,1,7H2,2-3H3,(H,14,15). The summed E-state index contributed by atoms with van der Waals surface area (Å²) in [5, 5.41) is 2.61. The van der Waals surface area contributed by atoms with Gasteiger partial charge in [-0.05, 0) is 31.7 Å². The van der Waals surface area contributed by atoms with Gasteiger partial charge in [-0.15, -0.1) is 6.58 Å². The molecule has 2 N–H and O–H groups in total. The van der Waals surface area contributed by atoms with E-state index >= 15 is 0 Å². The molecule has 6 heteroatoms. The summed E-state index contributed by atoms with van der Waals surface area (Å²) in [6.07, 6.45) is 1.56. The van der Waals surface area contributed by atoms with Crippen molar-refractivity contribution < 1.29 is 13.2 Å². The second kappa shape index (κ2) is 5.79. The van der Waals surface area contributed by atoms with Gasteiger partial charge in [0.2, 0.25) is 10.0 Å². The largest absolute Gasteiger partial charge is 0.349 e. The molecule has 0 bridgehead atoms. The lowest BCUT2D eigenvalue weighted by Crippen LogP contribution is -2.25. The van der Waals surface area contributed by atoms with Crippen LogP contribution in [0.15, 0.2) is 35.7 Å². The number of benzene rings is 1. The molecular weight excluding hydrogens is 252 g/mol. The Bertz CT molecular complexity index is 565. The minimum absolute atomic E-state index is 0.0688. The van der Waals surface area contributed by atoms with E-state index in [-0.39, 0.29) is 10.8 Å². The Morgan fingerprint density at radius 2 is 2.11 bits per heavy atom. The monoisotopic (exact) mass is 268 g/mol. The SMILES string of the molecule is C=CCNC(=O)c1cc(S(=O)(=O)NC)ccc1C. The second-order valence-corrected chi connectivity index (χ2v) is 5.57. The minimum atomic E-state index is -3.54. The first kappa shape index (κ1) is 14.4. The van der Waals surface area contributed by atoms with Crippen molar-refractivity contribution in [2.45, 2.75) is 11.8 Å². The predicted octanol–water partition coefficient (Wildman–Crippen LogP) is 0.819. The smallest absolute Gasteiger partial charge is 0.251 e. The van der Waals surface area contributed by atoms with Crippen molar-refractivity contribution in [3.63, 3.8) is 0 Å². The Morgan fingerprint density at radius 3 is 2.67 bits per heavy atom. The summed E-state index contributed by atoms with van der Waals surface area (Å²) in [6, 6.07) is 4.43. The minimum Gasteiger partial charge on any atom is -0.349 e. The first-order valence-corrected chi connectivity index (χ1v) is 6.84. The van der Waals surface area contributed by atoms with Gasteiger partial charge in [-0.1, -0.05) is 12.1 Å². The fraction of sp³-hybridized carbons (Fsp3) is 0.250. The van der Waals surface area contributed by atoms with Crippen LogP contribution < -0.4 is 10.0 Å². The zero-order chi connectivity index (χ0) is 13.8. The molecule has 0 heterocycles. The molecule has 0 fully saturated rings. The molecule has 0 atom stereocenters. The number of rotatable bonds is 5. The normalized spacial score (nSPS) is 11.0. The lowest BCUT2D eigenvalue weighted by Gasteiger charge is -2.09. The van der Waals surface area contributed by atoms with Gasteiger partial charge in [-0.2, -0.15) is 0 Å². The molecule has 0 saturated carbocycles. The van der Waals surface area contributed by atoms with Crippen LogP contribution in [0.4, 0.5) is 0 Å². The maximum absolute atomic E-state index is 11.8. The molecule has 1 amide bonds. The number of amides is 1. The van der Waals surface area contributed by atoms with Gasteiger partial charge in [0.05, 0.1) is 4.90 Å². The molecule has 0 radical (unpaired) electrons. The van der Waals surface area contributed by atoms with E-state index in [1.54, 1.807) is 19.1 Å². The zero-order valence-corrected chi connectivity index (χ0v) is 11.2. The van der Waals surface area contributed by atoms with Gasteiger partial charge >= 0.3 is 0 Å². The molecule has 5 nitrogen and oxygen atoms in total. The van der Waals surface area contributed by atoms with Crippen LogP contribution in [0.5, 0.6) is 0 Å². The van der Waals surface area contributed by atoms with Crippen molar-refractivity contribution in [3.05, 3.63) is 42.0 Å². The van der Waals surface area contributed by atoms with Gasteiger partial charge in [0.1, 0.15) is 0 Å². The molecule has 1 rings (SSSR count). The molecule has 0 aliphatic carbocycles. The van der Waals surface area contributed by atoms with Crippen molar-refractivity contribution >= 4 is 15.9 Å². The molecule has 98 valence electrons. The van der Waals surface area contributed by atoms with Crippen LogP contribution in [0, 0.1) is 6.92 Å². The molecule has 0 aliphatic rings. The molecular formula is C12H16N2O3S. The van der Waals surface area contributed by atoms with Crippen molar-refractivity contribution in [2.24, 2.45) is 0 Å². The lowest BCUT2D eigenvalue weighted by molar-refractivity contribution is 0.0957. The molecule has 0 aliphatic heterocycles. The summed E-state index contributed by atoms with van der Waals surface area (Å²) < 4.78 is 25.5. The van der Waals surface area contributed by atoms with Gasteiger partial charge in [-0.25, -0.2) is 13.1 Å². The van der Waals surface area contributed by atoms with E-state index in [4.69, 9.17) is 0 Å². The highest BCUT2D eigenvalue weighted by Gasteiger charge is 2.15. The molecule has 1 aromatic rings. The number of aryl methyl sites for hydroxylation is 1. The van der Waals surface area contributed by atoms with E-state index in [0.29, 0.717) is 17.7 Å². The molecule has 0 aromatic heterocycles. The maximum atomic E-state index is 11.8. The Kier molecular flexibility index (Phi) is 4.63. The molecule has 18 heavy (non-hydrogen) atoms. The highest BCUT2D eigenvalue weighted by Crippen LogP contribution is 2.15. The van der Waals surface area contributed by atoms with Gasteiger partial charge in [-0.3, -0.25) is 4.79 Å². The zero-order valence-electron chi connectivity index (χ0n) is 10.4. The summed E-state index contributed by atoms with van der Waals surface area (Å²) >= 11 is 0. The second-order valence-electron chi connectivity index (χ2n) is 3.68. The fourth-order valence-corrected chi connectivity index (χ4v) is 2.15. The van der Waals surface area contributed by atoms with Crippen molar-refractivity contribution in [3.8, 4) is 0 Å². The third kappa shape index (κ3) is 3.18. The summed E-state index contributed by atoms with van der Waals surface area (Å²) in [4.78, 5) is 11.9. The molecule has 0 unspecified atom stereocenters. The van der Waals surface area contributed by atoms with E-state index in [1.165, 1.54) is 19.2 Å². The molecule has 0 saturated heterocycles. The first-order chi connectivity index (χ1) is 8.42. The summed E-state index contributed by atoms with van der Waals surface area (Å²) in [5.74, 6) is -0.319. The van der Waals surface area contributed by atoms with Crippen LogP contribution in [0.2, 0.25) is 0 Å². The Balaban J connectivity index is 3.17. The topological polar surface area (TPSA) is 75.3 Å². The fourth-order valence-electron chi connectivity index (χ4n) is 1.39. The highest BCUT2D eigenvalue weighted by atomic mass is 32.2. The van der Waals surface area contributed by atoms with Gasteiger partial charge < -0.3 is 5.32 Å². The summed E-state index contributed by atoms with van der Waals surface area (Å²) in [7, 11) is -2.22. The van der Waals surface area contributed by atoms with Crippen LogP contribution in [0.3, 0.4) is 0 Å². The third-order valence-electron chi connectivity index (χ3n) is 2.44. The molecule has 0 spiro atoms. The number of carbonyl (C=O) groups excluding carboxylic acids is 1. The maximum Gasteiger partial charge on any atom is 0.251 e. The Labute approximate surface area is 107 Å². The van der Waals surface area contributed by atoms with Gasteiger partial charge in [0.25, 0.3) is 5.91 Å². The average Bonchev–Trinajstić information content (AvgIpc) is 2.36. The number of nitrogens with one attached hydrogen (secondary N) is 2. The van der Waals surface area contributed by atoms with E-state index in [9.17, 15) is 13.2 Å². The van der Waals surface area contributed by atoms with Crippen LogP contribution in [-0.2, 0) is 10.0 Å². The number of hydrogen-bond donors (Lipinski definition) is 2. The molecule has 1 aromatic carbocycles. The number of hydrogen-bond acceptors (Lipinski definition) is 3. The van der Waals surface area contributed by atoms with Crippen molar-refractivity contribution in [1.29, 1.82) is 0 Å². The predicted molar refractivity (Wildman–Crippen MR) is 70.0 cm³/mol. The summed E-state index contributed by atoms with van der Waals surface area (Å²) in [6.45, 7) is 5.58. The first-order valence-electron chi connectivity index (χ1n) is 5.35. The van der Waals surface area contributed by atoms with Crippen molar-refractivity contribution in [1.82, 2.24) is 10.0 Å². The van der Waals surface area contributed by atoms with E-state index in [2.05, 4.69) is 16.6 Å². The van der Waals surface area contributed by atoms with Crippen LogP contribution in [-0.4, -0.2) is 27.9 Å². The quantitative estimate of drug-likeness (QED) is 0.776. The third-order valence-corrected chi connectivity index (χ3v) is 3.85. The Hall–Kier alpha value is -1.66. The number of carbonyl (C=O) groups is 1. The van der Waals surface area contributed by atoms with Crippen LogP contribution in [0.1, 0.15) is 15.9 Å². The van der Waals surface area contributed by atoms with E-state index in [0.717, 1.165) is 0 Å². The summed E-state index contributed by atoms with van der Waals surface area (Å²) in [5.41, 5.74) is 1.06. The van der Waals surface area contributed by atoms with Crippen LogP contribution in [0.25, 0.3) is 0 Å². The average molecular weight is 268 g/mol. The van der Waals surface area contributed by atoms with Gasteiger partial charge in [0.15, 0.2) is 0 Å². The Morgan fingerprint density at radius 1 is 1.44 bits per heavy atom. The van der Waals surface area contributed by atoms with Crippen LogP contribution >= 0.6 is 0 Å². The highest BCUT2D eigenvalue weighted by molar-refractivity contribution is 7.89. The number of sulfonamides is 1.